The second-order valence-electron chi connectivity index (χ2n) is 5.83. The highest BCUT2D eigenvalue weighted by Crippen LogP contribution is 2.24. The number of nitrogens with one attached hydrogen (secondary N) is 1. The van der Waals surface area contributed by atoms with Gasteiger partial charge in [0.05, 0.1) is 16.7 Å². The van der Waals surface area contributed by atoms with Crippen LogP contribution in [0.25, 0.3) is 16.6 Å². The van der Waals surface area contributed by atoms with Crippen molar-refractivity contribution in [3.8, 4) is 5.69 Å². The zero-order valence-corrected chi connectivity index (χ0v) is 15.5. The average molecular weight is 383 g/mol. The minimum absolute atomic E-state index is 0.118. The molecule has 0 amide bonds. The Morgan fingerprint density at radius 2 is 2.08 bits per heavy atom. The molecule has 0 radical (unpaired) electrons. The molecule has 0 aliphatic rings. The Morgan fingerprint density at radius 3 is 2.92 bits per heavy atom. The molecule has 0 saturated carbocycles. The van der Waals surface area contributed by atoms with Gasteiger partial charge in [-0.25, -0.2) is 9.97 Å². The van der Waals surface area contributed by atoms with E-state index in [1.165, 1.54) is 11.8 Å². The van der Waals surface area contributed by atoms with Gasteiger partial charge in [-0.1, -0.05) is 41.6 Å². The molecule has 2 aromatic heterocycles. The molecule has 0 unspecified atom stereocenters. The van der Waals surface area contributed by atoms with Crippen LogP contribution in [0.3, 0.4) is 0 Å². The number of H-pyrrole nitrogens is 1. The van der Waals surface area contributed by atoms with Crippen molar-refractivity contribution in [1.82, 2.24) is 19.5 Å². The molecule has 2 aromatic carbocycles. The smallest absolute Gasteiger partial charge is 0.258 e. The summed E-state index contributed by atoms with van der Waals surface area (Å²) in [6, 6.07) is 13.2. The van der Waals surface area contributed by atoms with Gasteiger partial charge in [-0.3, -0.25) is 9.36 Å². The summed E-state index contributed by atoms with van der Waals surface area (Å²) < 4.78 is 1.96. The standard InChI is InChI=1S/C19H15ClN4OS/c1-12-4-2-7-15-17(12)22-16(23-18(15)25)11-26-19-21-8-9-24(19)14-6-3-5-13(20)10-14/h2-10H,11H2,1H3,(H,22,23,25). The maximum atomic E-state index is 12.3. The predicted molar refractivity (Wildman–Crippen MR) is 105 cm³/mol. The highest BCUT2D eigenvalue weighted by Gasteiger charge is 2.10. The molecule has 130 valence electrons. The Bertz CT molecular complexity index is 1150. The summed E-state index contributed by atoms with van der Waals surface area (Å²) in [5.41, 5.74) is 2.55. The van der Waals surface area contributed by atoms with E-state index < -0.39 is 0 Å². The third kappa shape index (κ3) is 3.25. The molecule has 0 saturated heterocycles. The van der Waals surface area contributed by atoms with Crippen molar-refractivity contribution >= 4 is 34.3 Å². The Hall–Kier alpha value is -2.57. The summed E-state index contributed by atoms with van der Waals surface area (Å²) in [6.45, 7) is 1.96. The fourth-order valence-electron chi connectivity index (χ4n) is 2.77. The van der Waals surface area contributed by atoms with Crippen LogP contribution < -0.4 is 5.56 Å². The van der Waals surface area contributed by atoms with Gasteiger partial charge in [-0.15, -0.1) is 0 Å². The molecule has 0 bridgehead atoms. The minimum Gasteiger partial charge on any atom is -0.309 e. The van der Waals surface area contributed by atoms with E-state index in [1.54, 1.807) is 12.3 Å². The highest BCUT2D eigenvalue weighted by atomic mass is 35.5. The van der Waals surface area contributed by atoms with E-state index in [-0.39, 0.29) is 5.56 Å². The van der Waals surface area contributed by atoms with Gasteiger partial charge in [0.1, 0.15) is 5.82 Å². The first kappa shape index (κ1) is 16.9. The minimum atomic E-state index is -0.118. The van der Waals surface area contributed by atoms with Crippen LogP contribution in [0, 0.1) is 6.92 Å². The third-order valence-electron chi connectivity index (χ3n) is 4.02. The van der Waals surface area contributed by atoms with Crippen LogP contribution in [0.2, 0.25) is 5.02 Å². The molecule has 1 N–H and O–H groups in total. The van der Waals surface area contributed by atoms with Crippen LogP contribution in [0.15, 0.2) is 64.8 Å². The Kier molecular flexibility index (Phi) is 4.53. The molecule has 5 nitrogen and oxygen atoms in total. The summed E-state index contributed by atoms with van der Waals surface area (Å²) in [5, 5.41) is 2.09. The number of hydrogen-bond acceptors (Lipinski definition) is 4. The molecule has 2 heterocycles. The number of aromatic amines is 1. The van der Waals surface area contributed by atoms with Crippen molar-refractivity contribution in [1.29, 1.82) is 0 Å². The predicted octanol–water partition coefficient (Wildman–Crippen LogP) is 4.36. The van der Waals surface area contributed by atoms with E-state index >= 15 is 0 Å². The third-order valence-corrected chi connectivity index (χ3v) is 5.23. The quantitative estimate of drug-likeness (QED) is 0.532. The summed E-state index contributed by atoms with van der Waals surface area (Å²) in [4.78, 5) is 24.2. The molecule has 7 heteroatoms. The van der Waals surface area contributed by atoms with E-state index in [1.807, 2.05) is 54.1 Å². The number of halogens is 1. The summed E-state index contributed by atoms with van der Waals surface area (Å²) in [7, 11) is 0. The zero-order valence-electron chi connectivity index (χ0n) is 13.9. The molecule has 4 aromatic rings. The van der Waals surface area contributed by atoms with Crippen LogP contribution in [-0.2, 0) is 5.75 Å². The van der Waals surface area contributed by atoms with Gasteiger partial charge >= 0.3 is 0 Å². The summed E-state index contributed by atoms with van der Waals surface area (Å²) in [6.07, 6.45) is 3.62. The monoisotopic (exact) mass is 382 g/mol. The largest absolute Gasteiger partial charge is 0.309 e. The van der Waals surface area contributed by atoms with Crippen molar-refractivity contribution in [2.75, 3.05) is 0 Å². The van der Waals surface area contributed by atoms with Crippen molar-refractivity contribution in [2.45, 2.75) is 17.8 Å². The fraction of sp³-hybridized carbons (Fsp3) is 0.105. The number of aryl methyl sites for hydroxylation is 1. The molecule has 4 rings (SSSR count). The number of rotatable bonds is 4. The number of imidazole rings is 1. The first-order chi connectivity index (χ1) is 12.6. The zero-order chi connectivity index (χ0) is 18.1. The van der Waals surface area contributed by atoms with Crippen molar-refractivity contribution in [3.63, 3.8) is 0 Å². The van der Waals surface area contributed by atoms with E-state index in [9.17, 15) is 4.79 Å². The average Bonchev–Trinajstić information content (AvgIpc) is 3.09. The topological polar surface area (TPSA) is 63.6 Å². The summed E-state index contributed by atoms with van der Waals surface area (Å²) in [5.74, 6) is 1.14. The van der Waals surface area contributed by atoms with E-state index in [0.717, 1.165) is 21.9 Å². The first-order valence-corrected chi connectivity index (χ1v) is 9.39. The van der Waals surface area contributed by atoms with Crippen LogP contribution >= 0.6 is 23.4 Å². The maximum Gasteiger partial charge on any atom is 0.258 e. The lowest BCUT2D eigenvalue weighted by Gasteiger charge is -2.08. The number of thioether (sulfide) groups is 1. The van der Waals surface area contributed by atoms with Crippen molar-refractivity contribution < 1.29 is 0 Å². The molecular weight excluding hydrogens is 368 g/mol. The number of nitrogens with zero attached hydrogens (tertiary/aromatic N) is 3. The number of para-hydroxylation sites is 1. The normalized spacial score (nSPS) is 11.2. The molecule has 0 atom stereocenters. The Balaban J connectivity index is 1.63. The second kappa shape index (κ2) is 6.97. The maximum absolute atomic E-state index is 12.3. The highest BCUT2D eigenvalue weighted by molar-refractivity contribution is 7.98. The Labute approximate surface area is 159 Å². The van der Waals surface area contributed by atoms with Crippen molar-refractivity contribution in [3.05, 3.63) is 81.6 Å². The van der Waals surface area contributed by atoms with Gasteiger partial charge in [0.2, 0.25) is 0 Å². The van der Waals surface area contributed by atoms with Crippen molar-refractivity contribution in [2.24, 2.45) is 0 Å². The van der Waals surface area contributed by atoms with Gasteiger partial charge < -0.3 is 4.98 Å². The molecular formula is C19H15ClN4OS. The molecule has 0 fully saturated rings. The van der Waals surface area contributed by atoms with Gasteiger partial charge in [0.15, 0.2) is 5.16 Å². The SMILES string of the molecule is Cc1cccc2c(=O)[nH]c(CSc3nccn3-c3cccc(Cl)c3)nc12. The molecule has 0 spiro atoms. The van der Waals surface area contributed by atoms with Gasteiger partial charge in [0.25, 0.3) is 5.56 Å². The van der Waals surface area contributed by atoms with Gasteiger partial charge in [0, 0.05) is 23.1 Å². The molecule has 26 heavy (non-hydrogen) atoms. The van der Waals surface area contributed by atoms with E-state index in [2.05, 4.69) is 15.0 Å². The second-order valence-corrected chi connectivity index (χ2v) is 7.21. The van der Waals surface area contributed by atoms with E-state index in [0.29, 0.717) is 22.0 Å². The van der Waals surface area contributed by atoms with Gasteiger partial charge in [-0.05, 0) is 36.8 Å². The van der Waals surface area contributed by atoms with Crippen LogP contribution in [0.1, 0.15) is 11.4 Å². The fourth-order valence-corrected chi connectivity index (χ4v) is 3.80. The van der Waals surface area contributed by atoms with Crippen LogP contribution in [0.4, 0.5) is 0 Å². The van der Waals surface area contributed by atoms with Gasteiger partial charge in [-0.2, -0.15) is 0 Å². The lowest BCUT2D eigenvalue weighted by Crippen LogP contribution is -2.12. The lowest BCUT2D eigenvalue weighted by atomic mass is 10.1. The lowest BCUT2D eigenvalue weighted by molar-refractivity contribution is 0.892. The van der Waals surface area contributed by atoms with E-state index in [4.69, 9.17) is 11.6 Å². The number of benzene rings is 2. The van der Waals surface area contributed by atoms with Crippen LogP contribution in [0.5, 0.6) is 0 Å². The number of fused-ring (bicyclic) bond motifs is 1. The number of hydrogen-bond donors (Lipinski definition) is 1. The Morgan fingerprint density at radius 1 is 1.23 bits per heavy atom. The molecule has 0 aliphatic carbocycles. The van der Waals surface area contributed by atoms with Crippen LogP contribution in [-0.4, -0.2) is 19.5 Å². The number of aromatic nitrogens is 4. The summed E-state index contributed by atoms with van der Waals surface area (Å²) >= 11 is 7.59. The molecule has 0 aliphatic heterocycles. The first-order valence-electron chi connectivity index (χ1n) is 8.02.